The number of aliphatic hydroxyl groups is 1. The fourth-order valence-electron chi connectivity index (χ4n) is 1.96. The maximum Gasteiger partial charge on any atom is 0.0678 e. The van der Waals surface area contributed by atoms with Crippen LogP contribution >= 0.6 is 0 Å². The lowest BCUT2D eigenvalue weighted by Gasteiger charge is -2.08. The van der Waals surface area contributed by atoms with E-state index in [1.165, 1.54) is 0 Å². The first-order valence-electron chi connectivity index (χ1n) is 3.59. The number of hydrogen-bond donors (Lipinski definition) is 1. The lowest BCUT2D eigenvalue weighted by molar-refractivity contribution is 0.134. The van der Waals surface area contributed by atoms with Gasteiger partial charge in [-0.3, -0.25) is 0 Å². The SMILES string of the molecule is N#C[C@@H]1C[C@@H]2C=C[C@H]1[C@H]2O. The molecule has 1 saturated carbocycles. The average Bonchev–Trinajstić information content (AvgIpc) is 2.46. The van der Waals surface area contributed by atoms with Crippen molar-refractivity contribution in [3.05, 3.63) is 12.2 Å². The van der Waals surface area contributed by atoms with Crippen LogP contribution in [0.5, 0.6) is 0 Å². The second-order valence-corrected chi connectivity index (χ2v) is 3.09. The number of hydrogen-bond acceptors (Lipinski definition) is 2. The third-order valence-electron chi connectivity index (χ3n) is 2.57. The van der Waals surface area contributed by atoms with Gasteiger partial charge in [0.1, 0.15) is 0 Å². The van der Waals surface area contributed by atoms with E-state index in [0.717, 1.165) is 6.42 Å². The third-order valence-corrected chi connectivity index (χ3v) is 2.57. The number of rotatable bonds is 0. The van der Waals surface area contributed by atoms with Gasteiger partial charge < -0.3 is 5.11 Å². The molecule has 0 radical (unpaired) electrons. The number of nitrogens with zero attached hydrogens (tertiary/aromatic N) is 1. The van der Waals surface area contributed by atoms with Crippen LogP contribution in [0.4, 0.5) is 0 Å². The summed E-state index contributed by atoms with van der Waals surface area (Å²) in [6, 6.07) is 2.21. The van der Waals surface area contributed by atoms with Crippen molar-refractivity contribution in [2.45, 2.75) is 12.5 Å². The van der Waals surface area contributed by atoms with Crippen molar-refractivity contribution in [1.82, 2.24) is 0 Å². The molecule has 2 nitrogen and oxygen atoms in total. The summed E-state index contributed by atoms with van der Waals surface area (Å²) < 4.78 is 0. The maximum atomic E-state index is 9.42. The molecular formula is C8H9NO. The first-order valence-corrected chi connectivity index (χ1v) is 3.59. The van der Waals surface area contributed by atoms with Gasteiger partial charge in [0.05, 0.1) is 18.1 Å². The van der Waals surface area contributed by atoms with Crippen molar-refractivity contribution in [3.8, 4) is 6.07 Å². The van der Waals surface area contributed by atoms with E-state index in [1.54, 1.807) is 0 Å². The van der Waals surface area contributed by atoms with Gasteiger partial charge in [0.25, 0.3) is 0 Å². The molecule has 1 fully saturated rings. The van der Waals surface area contributed by atoms with E-state index < -0.39 is 0 Å². The highest BCUT2D eigenvalue weighted by Gasteiger charge is 2.43. The van der Waals surface area contributed by atoms with Gasteiger partial charge in [-0.1, -0.05) is 12.2 Å². The third kappa shape index (κ3) is 0.559. The van der Waals surface area contributed by atoms with Crippen molar-refractivity contribution in [2.75, 3.05) is 0 Å². The molecule has 0 unspecified atom stereocenters. The van der Waals surface area contributed by atoms with Crippen LogP contribution < -0.4 is 0 Å². The van der Waals surface area contributed by atoms with Crippen LogP contribution in [0.1, 0.15) is 6.42 Å². The highest BCUT2D eigenvalue weighted by atomic mass is 16.3. The van der Waals surface area contributed by atoms with Crippen molar-refractivity contribution in [3.63, 3.8) is 0 Å². The van der Waals surface area contributed by atoms with Gasteiger partial charge in [-0.05, 0) is 6.42 Å². The lowest BCUT2D eigenvalue weighted by Crippen LogP contribution is -2.14. The zero-order valence-electron chi connectivity index (χ0n) is 5.57. The van der Waals surface area contributed by atoms with Crippen LogP contribution in [0, 0.1) is 29.1 Å². The van der Waals surface area contributed by atoms with Crippen molar-refractivity contribution < 1.29 is 5.11 Å². The molecule has 1 N–H and O–H groups in total. The van der Waals surface area contributed by atoms with E-state index >= 15 is 0 Å². The molecule has 0 saturated heterocycles. The Kier molecular flexibility index (Phi) is 1.09. The van der Waals surface area contributed by atoms with E-state index in [9.17, 15) is 5.11 Å². The molecular weight excluding hydrogens is 126 g/mol. The van der Waals surface area contributed by atoms with E-state index in [2.05, 4.69) is 6.07 Å². The molecule has 4 atom stereocenters. The topological polar surface area (TPSA) is 44.0 Å². The zero-order valence-corrected chi connectivity index (χ0v) is 5.57. The summed E-state index contributed by atoms with van der Waals surface area (Å²) in [6.45, 7) is 0. The van der Waals surface area contributed by atoms with Crippen LogP contribution in [0.15, 0.2) is 12.2 Å². The minimum absolute atomic E-state index is 0.0741. The van der Waals surface area contributed by atoms with Gasteiger partial charge in [-0.25, -0.2) is 0 Å². The molecule has 0 aromatic heterocycles. The Morgan fingerprint density at radius 1 is 1.50 bits per heavy atom. The van der Waals surface area contributed by atoms with Gasteiger partial charge in [0, 0.05) is 11.8 Å². The zero-order chi connectivity index (χ0) is 7.14. The minimum Gasteiger partial charge on any atom is -0.392 e. The molecule has 0 aliphatic heterocycles. The number of fused-ring (bicyclic) bond motifs is 2. The molecule has 2 rings (SSSR count). The average molecular weight is 135 g/mol. The minimum atomic E-state index is -0.260. The van der Waals surface area contributed by atoms with Crippen molar-refractivity contribution in [1.29, 1.82) is 5.26 Å². The molecule has 0 heterocycles. The summed E-state index contributed by atoms with van der Waals surface area (Å²) in [6.07, 6.45) is 4.61. The van der Waals surface area contributed by atoms with Crippen LogP contribution in [-0.2, 0) is 0 Å². The Hall–Kier alpha value is -0.810. The number of nitriles is 1. The maximum absolute atomic E-state index is 9.42. The Morgan fingerprint density at radius 2 is 2.30 bits per heavy atom. The van der Waals surface area contributed by atoms with Crippen LogP contribution in [0.25, 0.3) is 0 Å². The van der Waals surface area contributed by atoms with Crippen molar-refractivity contribution >= 4 is 0 Å². The summed E-state index contributed by atoms with van der Waals surface area (Å²) in [5.74, 6) is 0.481. The molecule has 0 aromatic carbocycles. The largest absolute Gasteiger partial charge is 0.392 e. The van der Waals surface area contributed by atoms with Crippen LogP contribution in [0.3, 0.4) is 0 Å². The first-order chi connectivity index (χ1) is 4.83. The normalized spacial score (nSPS) is 49.6. The van der Waals surface area contributed by atoms with Gasteiger partial charge >= 0.3 is 0 Å². The lowest BCUT2D eigenvalue weighted by atomic mass is 9.95. The predicted molar refractivity (Wildman–Crippen MR) is 35.8 cm³/mol. The van der Waals surface area contributed by atoms with Gasteiger partial charge in [0.2, 0.25) is 0 Å². The molecule has 10 heavy (non-hydrogen) atoms. The standard InChI is InChI=1S/C8H9NO/c9-4-6-3-5-1-2-7(6)8(5)10/h1-2,5-8,10H,3H2/t5-,6-,7+,8-/m0/s1. The van der Waals surface area contributed by atoms with E-state index in [0.29, 0.717) is 0 Å². The molecule has 0 spiro atoms. The monoisotopic (exact) mass is 135 g/mol. The highest BCUT2D eigenvalue weighted by molar-refractivity contribution is 5.19. The Morgan fingerprint density at radius 3 is 2.60 bits per heavy atom. The fourth-order valence-corrected chi connectivity index (χ4v) is 1.96. The van der Waals surface area contributed by atoms with E-state index in [4.69, 9.17) is 5.26 Å². The molecule has 52 valence electrons. The van der Waals surface area contributed by atoms with Crippen LogP contribution in [0.2, 0.25) is 0 Å². The molecule has 0 aromatic rings. The number of aliphatic hydroxyl groups excluding tert-OH is 1. The molecule has 2 bridgehead atoms. The Bertz CT molecular complexity index is 216. The summed E-state index contributed by atoms with van der Waals surface area (Å²) >= 11 is 0. The second kappa shape index (κ2) is 1.83. The summed E-state index contributed by atoms with van der Waals surface area (Å²) in [4.78, 5) is 0. The van der Waals surface area contributed by atoms with Crippen LogP contribution in [-0.4, -0.2) is 11.2 Å². The predicted octanol–water partition coefficient (Wildman–Crippen LogP) is 0.693. The van der Waals surface area contributed by atoms with Gasteiger partial charge in [-0.15, -0.1) is 0 Å². The van der Waals surface area contributed by atoms with Gasteiger partial charge in [0.15, 0.2) is 0 Å². The summed E-state index contributed by atoms with van der Waals surface area (Å²) in [5, 5.41) is 18.0. The first kappa shape index (κ1) is 5.94. The molecule has 0 amide bonds. The fraction of sp³-hybridized carbons (Fsp3) is 0.625. The smallest absolute Gasteiger partial charge is 0.0678 e. The van der Waals surface area contributed by atoms with E-state index in [1.807, 2.05) is 12.2 Å². The van der Waals surface area contributed by atoms with Gasteiger partial charge in [-0.2, -0.15) is 5.26 Å². The quantitative estimate of drug-likeness (QED) is 0.497. The molecule has 2 heteroatoms. The van der Waals surface area contributed by atoms with E-state index in [-0.39, 0.29) is 23.9 Å². The Labute approximate surface area is 59.8 Å². The highest BCUT2D eigenvalue weighted by Crippen LogP contribution is 2.43. The van der Waals surface area contributed by atoms with Crippen molar-refractivity contribution in [2.24, 2.45) is 17.8 Å². The molecule has 2 aliphatic carbocycles. The Balaban J connectivity index is 2.25. The molecule has 2 aliphatic rings. The summed E-state index contributed by atoms with van der Waals surface area (Å²) in [7, 11) is 0. The second-order valence-electron chi connectivity index (χ2n) is 3.09. The summed E-state index contributed by atoms with van der Waals surface area (Å²) in [5.41, 5.74) is 0.